The number of rotatable bonds is 3. The van der Waals surface area contributed by atoms with Crippen molar-refractivity contribution in [3.8, 4) is 0 Å². The summed E-state index contributed by atoms with van der Waals surface area (Å²) in [5, 5.41) is 13.4. The summed E-state index contributed by atoms with van der Waals surface area (Å²) < 4.78 is 0. The smallest absolute Gasteiger partial charge is 0.293 e. The number of hydrogen-bond donors (Lipinski definition) is 1. The Kier molecular flexibility index (Phi) is 4.06. The fourth-order valence-corrected chi connectivity index (χ4v) is 1.75. The van der Waals surface area contributed by atoms with E-state index in [1.165, 1.54) is 13.0 Å². The first-order chi connectivity index (χ1) is 8.19. The number of carbonyl (C=O) groups is 1. The molecule has 1 N–H and O–H groups in total. The maximum absolute atomic E-state index is 11.0. The highest BCUT2D eigenvalue weighted by atomic mass is 16.6. The number of amides is 1. The van der Waals surface area contributed by atoms with Gasteiger partial charge in [-0.25, -0.2) is 0 Å². The monoisotopic (exact) mass is 250 g/mol. The molecule has 0 aliphatic carbocycles. The second kappa shape index (κ2) is 5.16. The fraction of sp³-hybridized carbons (Fsp3) is 0.462. The number of carbonyl (C=O) groups excluding carboxylic acids is 1. The van der Waals surface area contributed by atoms with E-state index in [0.717, 1.165) is 12.0 Å². The third-order valence-corrected chi connectivity index (χ3v) is 2.30. The Hall–Kier alpha value is -1.91. The molecular formula is C13H18N2O3. The molecule has 18 heavy (non-hydrogen) atoms. The Labute approximate surface area is 106 Å². The summed E-state index contributed by atoms with van der Waals surface area (Å²) in [5.74, 6) is -0.318. The van der Waals surface area contributed by atoms with Gasteiger partial charge in [0.2, 0.25) is 5.91 Å². The first kappa shape index (κ1) is 14.2. The van der Waals surface area contributed by atoms with Crippen molar-refractivity contribution < 1.29 is 9.72 Å². The molecule has 0 heterocycles. The van der Waals surface area contributed by atoms with Crippen molar-refractivity contribution in [2.45, 2.75) is 34.1 Å². The standard InChI is InChI=1S/C13H18N2O3/c1-9(16)14-11-6-5-10(8-13(2,3)4)7-12(11)15(17)18/h5-7H,8H2,1-4H3,(H,14,16). The minimum atomic E-state index is -0.475. The third-order valence-electron chi connectivity index (χ3n) is 2.30. The van der Waals surface area contributed by atoms with Gasteiger partial charge in [0, 0.05) is 13.0 Å². The first-order valence-electron chi connectivity index (χ1n) is 5.74. The lowest BCUT2D eigenvalue weighted by molar-refractivity contribution is -0.384. The largest absolute Gasteiger partial charge is 0.321 e. The predicted octanol–water partition coefficient (Wildman–Crippen LogP) is 3.14. The predicted molar refractivity (Wildman–Crippen MR) is 70.6 cm³/mol. The van der Waals surface area contributed by atoms with Gasteiger partial charge in [-0.05, 0) is 23.5 Å². The normalized spacial score (nSPS) is 11.1. The third kappa shape index (κ3) is 4.16. The van der Waals surface area contributed by atoms with Gasteiger partial charge in [-0.15, -0.1) is 0 Å². The maximum Gasteiger partial charge on any atom is 0.293 e. The molecule has 1 amide bonds. The number of nitro groups is 1. The summed E-state index contributed by atoms with van der Waals surface area (Å²) in [5.41, 5.74) is 1.13. The van der Waals surface area contributed by atoms with Gasteiger partial charge in [-0.3, -0.25) is 14.9 Å². The number of benzene rings is 1. The second-order valence-electron chi connectivity index (χ2n) is 5.53. The van der Waals surface area contributed by atoms with Crippen LogP contribution in [0.3, 0.4) is 0 Å². The molecule has 0 aromatic heterocycles. The molecular weight excluding hydrogens is 232 g/mol. The van der Waals surface area contributed by atoms with Crippen molar-refractivity contribution >= 4 is 17.3 Å². The van der Waals surface area contributed by atoms with E-state index >= 15 is 0 Å². The lowest BCUT2D eigenvalue weighted by Gasteiger charge is -2.18. The van der Waals surface area contributed by atoms with Crippen molar-refractivity contribution in [3.63, 3.8) is 0 Å². The van der Waals surface area contributed by atoms with E-state index < -0.39 is 4.92 Å². The van der Waals surface area contributed by atoms with E-state index in [1.807, 2.05) is 6.07 Å². The summed E-state index contributed by atoms with van der Waals surface area (Å²) in [4.78, 5) is 21.5. The quantitative estimate of drug-likeness (QED) is 0.661. The van der Waals surface area contributed by atoms with Crippen LogP contribution >= 0.6 is 0 Å². The maximum atomic E-state index is 11.0. The van der Waals surface area contributed by atoms with E-state index in [0.29, 0.717) is 0 Å². The van der Waals surface area contributed by atoms with Crippen LogP contribution in [0.1, 0.15) is 33.3 Å². The van der Waals surface area contributed by atoms with Gasteiger partial charge in [0.25, 0.3) is 5.69 Å². The van der Waals surface area contributed by atoms with E-state index in [9.17, 15) is 14.9 Å². The number of hydrogen-bond acceptors (Lipinski definition) is 3. The fourth-order valence-electron chi connectivity index (χ4n) is 1.75. The lowest BCUT2D eigenvalue weighted by atomic mass is 9.88. The van der Waals surface area contributed by atoms with Gasteiger partial charge < -0.3 is 5.32 Å². The minimum absolute atomic E-state index is 0.0589. The molecule has 0 saturated heterocycles. The molecule has 0 unspecified atom stereocenters. The topological polar surface area (TPSA) is 72.2 Å². The highest BCUT2D eigenvalue weighted by Gasteiger charge is 2.18. The zero-order valence-electron chi connectivity index (χ0n) is 11.1. The minimum Gasteiger partial charge on any atom is -0.321 e. The Balaban J connectivity index is 3.11. The van der Waals surface area contributed by atoms with Crippen LogP contribution in [0.4, 0.5) is 11.4 Å². The van der Waals surface area contributed by atoms with E-state index in [1.54, 1.807) is 6.07 Å². The van der Waals surface area contributed by atoms with Crippen LogP contribution in [0.15, 0.2) is 18.2 Å². The van der Waals surface area contributed by atoms with Gasteiger partial charge in [0.15, 0.2) is 0 Å². The van der Waals surface area contributed by atoms with Crippen molar-refractivity contribution in [2.24, 2.45) is 5.41 Å². The van der Waals surface area contributed by atoms with Crippen LogP contribution in [0.25, 0.3) is 0 Å². The van der Waals surface area contributed by atoms with Crippen molar-refractivity contribution in [3.05, 3.63) is 33.9 Å². The van der Waals surface area contributed by atoms with E-state index in [2.05, 4.69) is 26.1 Å². The van der Waals surface area contributed by atoms with Crippen molar-refractivity contribution in [1.82, 2.24) is 0 Å². The van der Waals surface area contributed by atoms with E-state index in [-0.39, 0.29) is 22.7 Å². The zero-order valence-corrected chi connectivity index (χ0v) is 11.1. The van der Waals surface area contributed by atoms with Crippen LogP contribution in [-0.4, -0.2) is 10.8 Å². The molecule has 0 fully saturated rings. The first-order valence-corrected chi connectivity index (χ1v) is 5.74. The van der Waals surface area contributed by atoms with Crippen LogP contribution in [0, 0.1) is 15.5 Å². The van der Waals surface area contributed by atoms with Crippen LogP contribution in [-0.2, 0) is 11.2 Å². The molecule has 0 atom stereocenters. The summed E-state index contributed by atoms with van der Waals surface area (Å²) in [7, 11) is 0. The molecule has 0 aliphatic heterocycles. The molecule has 1 rings (SSSR count). The van der Waals surface area contributed by atoms with Gasteiger partial charge in [-0.2, -0.15) is 0 Å². The summed E-state index contributed by atoms with van der Waals surface area (Å²) >= 11 is 0. The SMILES string of the molecule is CC(=O)Nc1ccc(CC(C)(C)C)cc1[N+](=O)[O-]. The van der Waals surface area contributed by atoms with Crippen molar-refractivity contribution in [2.75, 3.05) is 5.32 Å². The number of nitrogens with zero attached hydrogens (tertiary/aromatic N) is 1. The lowest BCUT2D eigenvalue weighted by Crippen LogP contribution is -2.11. The Bertz CT molecular complexity index is 476. The molecule has 0 spiro atoms. The van der Waals surface area contributed by atoms with Crippen molar-refractivity contribution in [1.29, 1.82) is 0 Å². The molecule has 0 bridgehead atoms. The Morgan fingerprint density at radius 1 is 1.39 bits per heavy atom. The number of anilines is 1. The van der Waals surface area contributed by atoms with Crippen LogP contribution in [0.5, 0.6) is 0 Å². The second-order valence-corrected chi connectivity index (χ2v) is 5.53. The highest BCUT2D eigenvalue weighted by Crippen LogP contribution is 2.29. The average Bonchev–Trinajstić information content (AvgIpc) is 2.17. The van der Waals surface area contributed by atoms with Crippen LogP contribution < -0.4 is 5.32 Å². The molecule has 1 aromatic rings. The van der Waals surface area contributed by atoms with Gasteiger partial charge >= 0.3 is 0 Å². The molecule has 5 nitrogen and oxygen atoms in total. The highest BCUT2D eigenvalue weighted by molar-refractivity contribution is 5.91. The van der Waals surface area contributed by atoms with E-state index in [4.69, 9.17) is 0 Å². The molecule has 0 radical (unpaired) electrons. The summed E-state index contributed by atoms with van der Waals surface area (Å²) in [6.45, 7) is 7.54. The Morgan fingerprint density at radius 2 is 2.00 bits per heavy atom. The molecule has 98 valence electrons. The summed E-state index contributed by atoms with van der Waals surface area (Å²) in [6.07, 6.45) is 0.744. The number of nitrogens with one attached hydrogen (secondary N) is 1. The zero-order chi connectivity index (χ0) is 13.9. The van der Waals surface area contributed by atoms with Gasteiger partial charge in [0.05, 0.1) is 4.92 Å². The van der Waals surface area contributed by atoms with Crippen LogP contribution in [0.2, 0.25) is 0 Å². The summed E-state index contributed by atoms with van der Waals surface area (Å²) in [6, 6.07) is 4.92. The van der Waals surface area contributed by atoms with Gasteiger partial charge in [0.1, 0.15) is 5.69 Å². The molecule has 0 aliphatic rings. The number of nitro benzene ring substituents is 1. The molecule has 1 aromatic carbocycles. The molecule has 5 heteroatoms. The Morgan fingerprint density at radius 3 is 2.44 bits per heavy atom. The molecule has 0 saturated carbocycles. The average molecular weight is 250 g/mol. The van der Waals surface area contributed by atoms with Gasteiger partial charge in [-0.1, -0.05) is 26.8 Å².